The van der Waals surface area contributed by atoms with E-state index in [0.29, 0.717) is 38.9 Å². The zero-order chi connectivity index (χ0) is 18.4. The van der Waals surface area contributed by atoms with E-state index in [2.05, 4.69) is 21.2 Å². The molecule has 0 aromatic heterocycles. The second-order valence-corrected chi connectivity index (χ2v) is 6.34. The monoisotopic (exact) mass is 422 g/mol. The first-order chi connectivity index (χ1) is 12.0. The van der Waals surface area contributed by atoms with Gasteiger partial charge in [-0.1, -0.05) is 17.7 Å². The van der Waals surface area contributed by atoms with Gasteiger partial charge in [-0.15, -0.1) is 0 Å². The smallest absolute Gasteiger partial charge is 0.262 e. The zero-order valence-corrected chi connectivity index (χ0v) is 16.1. The molecule has 1 N–H and O–H groups in total. The van der Waals surface area contributed by atoms with Crippen LogP contribution in [0.15, 0.2) is 34.8 Å². The van der Waals surface area contributed by atoms with Gasteiger partial charge in [0.2, 0.25) is 0 Å². The van der Waals surface area contributed by atoms with Crippen LogP contribution in [0.25, 0.3) is 0 Å². The Balaban J connectivity index is 2.11. The van der Waals surface area contributed by atoms with Crippen molar-refractivity contribution in [3.63, 3.8) is 0 Å². The molecule has 0 atom stereocenters. The average Bonchev–Trinajstić information content (AvgIpc) is 2.58. The molecular formula is C18H16BrClN2O3. The third-order valence-electron chi connectivity index (χ3n) is 3.33. The Bertz CT molecular complexity index is 834. The maximum absolute atomic E-state index is 12.2. The summed E-state index contributed by atoms with van der Waals surface area (Å²) in [6, 6.07) is 10.5. The molecule has 0 aliphatic rings. The van der Waals surface area contributed by atoms with E-state index in [9.17, 15) is 4.79 Å². The number of carbonyl (C=O) groups is 1. The minimum absolute atomic E-state index is 0.212. The van der Waals surface area contributed by atoms with Crippen molar-refractivity contribution in [1.82, 2.24) is 0 Å². The number of anilines is 1. The summed E-state index contributed by atoms with van der Waals surface area (Å²) in [6.07, 6.45) is 0. The summed E-state index contributed by atoms with van der Waals surface area (Å²) in [6.45, 7) is 3.84. The summed E-state index contributed by atoms with van der Waals surface area (Å²) in [7, 11) is 0. The van der Waals surface area contributed by atoms with Crippen molar-refractivity contribution in [3.8, 4) is 17.6 Å². The largest absolute Gasteiger partial charge is 0.490 e. The maximum Gasteiger partial charge on any atom is 0.262 e. The molecule has 0 heterocycles. The Morgan fingerprint density at radius 3 is 2.80 bits per heavy atom. The van der Waals surface area contributed by atoms with Crippen molar-refractivity contribution in [2.45, 2.75) is 13.8 Å². The van der Waals surface area contributed by atoms with Crippen molar-refractivity contribution in [2.75, 3.05) is 18.5 Å². The fourth-order valence-electron chi connectivity index (χ4n) is 2.10. The molecule has 0 saturated carbocycles. The Morgan fingerprint density at radius 1 is 1.36 bits per heavy atom. The first kappa shape index (κ1) is 19.1. The lowest BCUT2D eigenvalue weighted by molar-refractivity contribution is -0.118. The van der Waals surface area contributed by atoms with Crippen LogP contribution >= 0.6 is 27.5 Å². The van der Waals surface area contributed by atoms with Crippen molar-refractivity contribution in [2.24, 2.45) is 0 Å². The highest BCUT2D eigenvalue weighted by Gasteiger charge is 2.15. The molecule has 0 unspecified atom stereocenters. The van der Waals surface area contributed by atoms with Crippen molar-refractivity contribution in [1.29, 1.82) is 5.26 Å². The fraction of sp³-hybridized carbons (Fsp3) is 0.222. The molecule has 0 aliphatic heterocycles. The topological polar surface area (TPSA) is 71.3 Å². The van der Waals surface area contributed by atoms with E-state index in [1.807, 2.05) is 19.9 Å². The van der Waals surface area contributed by atoms with Crippen LogP contribution < -0.4 is 14.8 Å². The van der Waals surface area contributed by atoms with E-state index in [1.54, 1.807) is 30.3 Å². The number of nitrogens with zero attached hydrogens (tertiary/aromatic N) is 1. The number of benzene rings is 2. The summed E-state index contributed by atoms with van der Waals surface area (Å²) in [5.74, 6) is 0.447. The molecule has 0 spiro atoms. The molecule has 130 valence electrons. The van der Waals surface area contributed by atoms with Crippen LogP contribution in [0.5, 0.6) is 11.5 Å². The van der Waals surface area contributed by atoms with Crippen LogP contribution in [-0.2, 0) is 4.79 Å². The Hall–Kier alpha value is -2.23. The van der Waals surface area contributed by atoms with Gasteiger partial charge in [0.15, 0.2) is 18.1 Å². The van der Waals surface area contributed by atoms with Gasteiger partial charge in [0.05, 0.1) is 22.7 Å². The van der Waals surface area contributed by atoms with E-state index in [4.69, 9.17) is 26.3 Å². The minimum Gasteiger partial charge on any atom is -0.490 e. The molecule has 0 fully saturated rings. The zero-order valence-electron chi connectivity index (χ0n) is 13.7. The average molecular weight is 424 g/mol. The first-order valence-corrected chi connectivity index (χ1v) is 8.67. The molecule has 7 heteroatoms. The molecule has 2 aromatic carbocycles. The number of ether oxygens (including phenoxy) is 2. The highest BCUT2D eigenvalue weighted by molar-refractivity contribution is 9.10. The van der Waals surface area contributed by atoms with Crippen LogP contribution in [-0.4, -0.2) is 19.1 Å². The summed E-state index contributed by atoms with van der Waals surface area (Å²) >= 11 is 9.39. The Morgan fingerprint density at radius 2 is 2.12 bits per heavy atom. The van der Waals surface area contributed by atoms with Gasteiger partial charge in [-0.3, -0.25) is 4.79 Å². The normalized spacial score (nSPS) is 10.0. The van der Waals surface area contributed by atoms with Crippen molar-refractivity contribution in [3.05, 3.63) is 51.0 Å². The predicted octanol–water partition coefficient (Wildman–Crippen LogP) is 4.70. The second kappa shape index (κ2) is 8.75. The Labute approximate surface area is 159 Å². The van der Waals surface area contributed by atoms with Gasteiger partial charge < -0.3 is 14.8 Å². The third-order valence-corrected chi connectivity index (χ3v) is 4.33. The Kier molecular flexibility index (Phi) is 6.68. The first-order valence-electron chi connectivity index (χ1n) is 7.50. The highest BCUT2D eigenvalue weighted by Crippen LogP contribution is 2.36. The lowest BCUT2D eigenvalue weighted by atomic mass is 10.2. The van der Waals surface area contributed by atoms with Gasteiger partial charge in [0.1, 0.15) is 0 Å². The standard InChI is InChI=1S/C18H16BrClN2O3/c1-3-24-16-8-12(9-21)7-13(19)18(16)25-10-17(23)22-15-6-4-5-14(20)11(15)2/h4-8H,3,10H2,1-2H3,(H,22,23). The number of nitriles is 1. The van der Waals surface area contributed by atoms with Crippen LogP contribution in [0, 0.1) is 18.3 Å². The molecular weight excluding hydrogens is 408 g/mol. The summed E-state index contributed by atoms with van der Waals surface area (Å²) in [4.78, 5) is 12.2. The number of hydrogen-bond acceptors (Lipinski definition) is 4. The van der Waals surface area contributed by atoms with Crippen LogP contribution in [0.2, 0.25) is 5.02 Å². The molecule has 0 bridgehead atoms. The SMILES string of the molecule is CCOc1cc(C#N)cc(Br)c1OCC(=O)Nc1cccc(Cl)c1C. The minimum atomic E-state index is -0.330. The van der Waals surface area contributed by atoms with E-state index in [1.165, 1.54) is 0 Å². The molecule has 2 aromatic rings. The van der Waals surface area contributed by atoms with Crippen molar-refractivity contribution >= 4 is 39.1 Å². The predicted molar refractivity (Wildman–Crippen MR) is 100 cm³/mol. The summed E-state index contributed by atoms with van der Waals surface area (Å²) < 4.78 is 11.6. The molecule has 1 amide bonds. The van der Waals surface area contributed by atoms with Gasteiger partial charge in [0, 0.05) is 16.8 Å². The number of hydrogen-bond donors (Lipinski definition) is 1. The molecule has 0 radical (unpaired) electrons. The maximum atomic E-state index is 12.2. The highest BCUT2D eigenvalue weighted by atomic mass is 79.9. The van der Waals surface area contributed by atoms with E-state index < -0.39 is 0 Å². The van der Waals surface area contributed by atoms with Crippen LogP contribution in [0.3, 0.4) is 0 Å². The number of amides is 1. The summed E-state index contributed by atoms with van der Waals surface area (Å²) in [5.41, 5.74) is 1.85. The van der Waals surface area contributed by atoms with E-state index in [-0.39, 0.29) is 12.5 Å². The lowest BCUT2D eigenvalue weighted by Crippen LogP contribution is -2.21. The molecule has 2 rings (SSSR count). The summed E-state index contributed by atoms with van der Waals surface area (Å²) in [5, 5.41) is 12.4. The molecule has 0 aliphatic carbocycles. The number of rotatable bonds is 6. The number of carbonyl (C=O) groups excluding carboxylic acids is 1. The second-order valence-electron chi connectivity index (χ2n) is 5.08. The van der Waals surface area contributed by atoms with Crippen LogP contribution in [0.4, 0.5) is 5.69 Å². The van der Waals surface area contributed by atoms with Gasteiger partial charge >= 0.3 is 0 Å². The van der Waals surface area contributed by atoms with Gasteiger partial charge in [-0.2, -0.15) is 5.26 Å². The van der Waals surface area contributed by atoms with Gasteiger partial charge in [0.25, 0.3) is 5.91 Å². The number of nitrogens with one attached hydrogen (secondary N) is 1. The fourth-order valence-corrected chi connectivity index (χ4v) is 2.83. The third kappa shape index (κ3) is 4.88. The lowest BCUT2D eigenvalue weighted by Gasteiger charge is -2.14. The van der Waals surface area contributed by atoms with E-state index in [0.717, 1.165) is 5.56 Å². The quantitative estimate of drug-likeness (QED) is 0.731. The van der Waals surface area contributed by atoms with Crippen LogP contribution in [0.1, 0.15) is 18.1 Å². The molecule has 0 saturated heterocycles. The van der Waals surface area contributed by atoms with Gasteiger partial charge in [-0.25, -0.2) is 0 Å². The van der Waals surface area contributed by atoms with E-state index >= 15 is 0 Å². The van der Waals surface area contributed by atoms with Gasteiger partial charge in [-0.05, 0) is 53.5 Å². The molecule has 25 heavy (non-hydrogen) atoms. The number of halogens is 2. The molecule has 5 nitrogen and oxygen atoms in total. The van der Waals surface area contributed by atoms with Crippen molar-refractivity contribution < 1.29 is 14.3 Å².